The summed E-state index contributed by atoms with van der Waals surface area (Å²) in [6, 6.07) is -0.852. The summed E-state index contributed by atoms with van der Waals surface area (Å²) in [5, 5.41) is 0.306. The Labute approximate surface area is 54.7 Å². The minimum atomic E-state index is -0.852. The van der Waals surface area contributed by atoms with Crippen molar-refractivity contribution in [3.8, 4) is 0 Å². The van der Waals surface area contributed by atoms with Gasteiger partial charge in [-0.05, 0) is 0 Å². The van der Waals surface area contributed by atoms with E-state index in [1.807, 2.05) is 0 Å². The zero-order valence-corrected chi connectivity index (χ0v) is 5.79. The Bertz CT molecular complexity index is 73.0. The molecule has 0 aromatic heterocycles. The normalized spacial score (nSPS) is 7.11. The molecule has 0 aliphatic heterocycles. The van der Waals surface area contributed by atoms with Crippen LogP contribution in [0.25, 0.3) is 0 Å². The van der Waals surface area contributed by atoms with E-state index in [4.69, 9.17) is 0 Å². The van der Waals surface area contributed by atoms with Gasteiger partial charge in [0.25, 0.3) is 0 Å². The van der Waals surface area contributed by atoms with Gasteiger partial charge in [-0.25, -0.2) is 16.5 Å². The minimum absolute atomic E-state index is 0.306. The number of primary amides is 1. The molecular formula is C4H14N4O. The van der Waals surface area contributed by atoms with Crippen molar-refractivity contribution in [2.24, 2.45) is 17.4 Å². The third-order valence-corrected chi connectivity index (χ3v) is 0.254. The van der Waals surface area contributed by atoms with Crippen LogP contribution < -0.4 is 17.4 Å². The first-order valence-corrected chi connectivity index (χ1v) is 2.65. The molecule has 2 amide bonds. The lowest BCUT2D eigenvalue weighted by molar-refractivity contribution is 0.210. The molecule has 0 heterocycles. The monoisotopic (exact) mass is 134 g/mol. The molecule has 0 aliphatic rings. The number of hydrogen-bond donors (Lipinski definition) is 3. The number of nitrogens with two attached hydrogens (primary N) is 3. The Kier molecular flexibility index (Phi) is 8.83. The van der Waals surface area contributed by atoms with Gasteiger partial charge < -0.3 is 5.73 Å². The van der Waals surface area contributed by atoms with E-state index in [0.29, 0.717) is 5.12 Å². The zero-order chi connectivity index (χ0) is 7.86. The first-order valence-electron chi connectivity index (χ1n) is 2.65. The lowest BCUT2D eigenvalue weighted by Gasteiger charge is -2.00. The Hall–Kier alpha value is -0.810. The van der Waals surface area contributed by atoms with Crippen LogP contribution in [0.2, 0.25) is 0 Å². The van der Waals surface area contributed by atoms with Gasteiger partial charge in [-0.15, -0.1) is 0 Å². The van der Waals surface area contributed by atoms with Crippen molar-refractivity contribution in [2.75, 3.05) is 0 Å². The SMILES string of the molecule is CCC.NC(=O)N(N)N. The Morgan fingerprint density at radius 3 is 1.56 bits per heavy atom. The highest BCUT2D eigenvalue weighted by molar-refractivity contribution is 5.70. The summed E-state index contributed by atoms with van der Waals surface area (Å²) in [4.78, 5) is 9.60. The molecule has 0 fully saturated rings. The van der Waals surface area contributed by atoms with Crippen molar-refractivity contribution in [3.63, 3.8) is 0 Å². The minimum Gasteiger partial charge on any atom is -0.349 e. The van der Waals surface area contributed by atoms with Crippen molar-refractivity contribution in [3.05, 3.63) is 0 Å². The summed E-state index contributed by atoms with van der Waals surface area (Å²) < 4.78 is 0. The molecule has 0 aliphatic carbocycles. The highest BCUT2D eigenvalue weighted by atomic mass is 16.2. The van der Waals surface area contributed by atoms with Crippen LogP contribution in [0.5, 0.6) is 0 Å². The number of carbonyl (C=O) groups is 1. The number of carbonyl (C=O) groups excluding carboxylic acids is 1. The smallest absolute Gasteiger partial charge is 0.343 e. The maximum Gasteiger partial charge on any atom is 0.343 e. The van der Waals surface area contributed by atoms with E-state index in [1.165, 1.54) is 6.42 Å². The first-order chi connectivity index (χ1) is 4.06. The van der Waals surface area contributed by atoms with Crippen LogP contribution in [-0.2, 0) is 0 Å². The lowest BCUT2D eigenvalue weighted by atomic mass is 10.6. The van der Waals surface area contributed by atoms with Crippen LogP contribution in [0.4, 0.5) is 4.79 Å². The summed E-state index contributed by atoms with van der Waals surface area (Å²) in [5.41, 5.74) is 4.47. The van der Waals surface area contributed by atoms with Gasteiger partial charge in [0.05, 0.1) is 0 Å². The van der Waals surface area contributed by atoms with Gasteiger partial charge in [0, 0.05) is 0 Å². The fraction of sp³-hybridized carbons (Fsp3) is 0.750. The number of hydrogen-bond acceptors (Lipinski definition) is 3. The molecule has 0 radical (unpaired) electrons. The molecule has 0 rings (SSSR count). The van der Waals surface area contributed by atoms with Crippen LogP contribution >= 0.6 is 0 Å². The van der Waals surface area contributed by atoms with Gasteiger partial charge in [-0.1, -0.05) is 20.3 Å². The van der Waals surface area contributed by atoms with Crippen molar-refractivity contribution in [1.29, 1.82) is 0 Å². The molecule has 9 heavy (non-hydrogen) atoms. The van der Waals surface area contributed by atoms with Crippen molar-refractivity contribution in [1.82, 2.24) is 5.12 Å². The quantitative estimate of drug-likeness (QED) is 0.237. The molecule has 5 nitrogen and oxygen atoms in total. The van der Waals surface area contributed by atoms with Crippen LogP contribution in [0.15, 0.2) is 0 Å². The second-order valence-electron chi connectivity index (χ2n) is 1.45. The number of nitrogens with zero attached hydrogens (tertiary/aromatic N) is 1. The van der Waals surface area contributed by atoms with Gasteiger partial charge in [0.15, 0.2) is 0 Å². The van der Waals surface area contributed by atoms with E-state index in [0.717, 1.165) is 0 Å². The summed E-state index contributed by atoms with van der Waals surface area (Å²) in [6.07, 6.45) is 1.25. The van der Waals surface area contributed by atoms with Crippen LogP contribution in [0, 0.1) is 0 Å². The predicted molar refractivity (Wildman–Crippen MR) is 35.8 cm³/mol. The molecule has 0 unspecified atom stereocenters. The third kappa shape index (κ3) is 19.0. The predicted octanol–water partition coefficient (Wildman–Crippen LogP) is -0.469. The topological polar surface area (TPSA) is 98.4 Å². The molecule has 6 N–H and O–H groups in total. The molecule has 56 valence electrons. The van der Waals surface area contributed by atoms with Crippen LogP contribution in [0.1, 0.15) is 20.3 Å². The van der Waals surface area contributed by atoms with E-state index in [1.54, 1.807) is 0 Å². The second-order valence-corrected chi connectivity index (χ2v) is 1.45. The average Bonchev–Trinajstić information content (AvgIpc) is 1.68. The number of amides is 2. The highest BCUT2D eigenvalue weighted by Gasteiger charge is 1.90. The lowest BCUT2D eigenvalue weighted by Crippen LogP contribution is -2.46. The molecule has 0 atom stereocenters. The summed E-state index contributed by atoms with van der Waals surface area (Å²) in [6.45, 7) is 4.25. The average molecular weight is 134 g/mol. The van der Waals surface area contributed by atoms with Crippen LogP contribution in [-0.4, -0.2) is 11.1 Å². The maximum absolute atomic E-state index is 9.60. The van der Waals surface area contributed by atoms with Gasteiger partial charge >= 0.3 is 6.03 Å². The van der Waals surface area contributed by atoms with Crippen LogP contribution in [0.3, 0.4) is 0 Å². The van der Waals surface area contributed by atoms with Gasteiger partial charge in [0.2, 0.25) is 0 Å². The Morgan fingerprint density at radius 1 is 1.44 bits per heavy atom. The maximum atomic E-state index is 9.60. The Morgan fingerprint density at radius 2 is 1.56 bits per heavy atom. The van der Waals surface area contributed by atoms with E-state index >= 15 is 0 Å². The van der Waals surface area contributed by atoms with Crippen molar-refractivity contribution >= 4 is 6.03 Å². The molecule has 0 bridgehead atoms. The number of hydrazine groups is 2. The van der Waals surface area contributed by atoms with Crippen molar-refractivity contribution in [2.45, 2.75) is 20.3 Å². The summed E-state index contributed by atoms with van der Waals surface area (Å²) >= 11 is 0. The van der Waals surface area contributed by atoms with Gasteiger partial charge in [0.1, 0.15) is 0 Å². The fourth-order valence-electron chi connectivity index (χ4n) is 0. The standard InChI is InChI=1S/C3H8.CH6N4O/c1-3-2;2-1(6)5(3)4/h3H2,1-2H3;3-4H2,(H2,2,6). The molecule has 0 saturated heterocycles. The third-order valence-electron chi connectivity index (χ3n) is 0.254. The molecule has 0 aromatic rings. The summed E-state index contributed by atoms with van der Waals surface area (Å²) in [7, 11) is 0. The van der Waals surface area contributed by atoms with Gasteiger partial charge in [-0.2, -0.15) is 5.12 Å². The molecule has 5 heteroatoms. The van der Waals surface area contributed by atoms with E-state index in [9.17, 15) is 4.79 Å². The fourth-order valence-corrected chi connectivity index (χ4v) is 0. The largest absolute Gasteiger partial charge is 0.349 e. The summed E-state index contributed by atoms with van der Waals surface area (Å²) in [5.74, 6) is 9.14. The van der Waals surface area contributed by atoms with E-state index < -0.39 is 6.03 Å². The highest BCUT2D eigenvalue weighted by Crippen LogP contribution is 1.56. The zero-order valence-electron chi connectivity index (χ0n) is 5.79. The van der Waals surface area contributed by atoms with Gasteiger partial charge in [-0.3, -0.25) is 0 Å². The van der Waals surface area contributed by atoms with Crippen molar-refractivity contribution < 1.29 is 4.79 Å². The second kappa shape index (κ2) is 7.19. The molecule has 0 saturated carbocycles. The molecular weight excluding hydrogens is 120 g/mol. The van der Waals surface area contributed by atoms with E-state index in [-0.39, 0.29) is 0 Å². The Balaban J connectivity index is 0. The number of rotatable bonds is 0. The number of urea groups is 1. The van der Waals surface area contributed by atoms with E-state index in [2.05, 4.69) is 31.3 Å². The molecule has 0 spiro atoms. The first kappa shape index (κ1) is 11.0. The molecule has 0 aromatic carbocycles.